The Morgan fingerprint density at radius 2 is 1.70 bits per heavy atom. The first-order valence-corrected chi connectivity index (χ1v) is 15.1. The van der Waals surface area contributed by atoms with Gasteiger partial charge in [-0.05, 0) is 87.4 Å². The van der Waals surface area contributed by atoms with Gasteiger partial charge in [0, 0.05) is 45.1 Å². The summed E-state index contributed by atoms with van der Waals surface area (Å²) in [6.45, 7) is 10.2. The normalized spacial score (nSPS) is 16.5. The first kappa shape index (κ1) is 29.2. The topological polar surface area (TPSA) is 93.0 Å². The van der Waals surface area contributed by atoms with E-state index in [2.05, 4.69) is 59.5 Å². The Balaban J connectivity index is 0.00000240. The molecule has 0 bridgehead atoms. The van der Waals surface area contributed by atoms with Crippen LogP contribution < -0.4 is 10.2 Å². The second kappa shape index (κ2) is 11.7. The van der Waals surface area contributed by atoms with E-state index < -0.39 is 0 Å². The highest BCUT2D eigenvalue weighted by Gasteiger charge is 2.38. The lowest BCUT2D eigenvalue weighted by Gasteiger charge is -2.26. The summed E-state index contributed by atoms with van der Waals surface area (Å²) in [6, 6.07) is 20.1. The quantitative estimate of drug-likeness (QED) is 0.215. The molecule has 0 radical (unpaired) electrons. The summed E-state index contributed by atoms with van der Waals surface area (Å²) in [5.41, 5.74) is 9.16. The van der Waals surface area contributed by atoms with E-state index in [0.29, 0.717) is 25.2 Å². The van der Waals surface area contributed by atoms with Gasteiger partial charge in [0.1, 0.15) is 11.6 Å². The number of nitrogens with one attached hydrogen (secondary N) is 1. The molecule has 44 heavy (non-hydrogen) atoms. The third-order valence-corrected chi connectivity index (χ3v) is 8.83. The summed E-state index contributed by atoms with van der Waals surface area (Å²) in [5.74, 6) is 1.47. The summed E-state index contributed by atoms with van der Waals surface area (Å²) in [5, 5.41) is 8.62. The summed E-state index contributed by atoms with van der Waals surface area (Å²) in [6.07, 6.45) is 2.83. The van der Waals surface area contributed by atoms with Crippen LogP contribution >= 0.6 is 0 Å². The molecule has 1 N–H and O–H groups in total. The predicted molar refractivity (Wildman–Crippen MR) is 180 cm³/mol. The van der Waals surface area contributed by atoms with E-state index in [0.717, 1.165) is 61.5 Å². The Bertz CT molecular complexity index is 1920. The van der Waals surface area contributed by atoms with Gasteiger partial charge >= 0.3 is 0 Å². The van der Waals surface area contributed by atoms with Gasteiger partial charge in [0.25, 0.3) is 0 Å². The Morgan fingerprint density at radius 3 is 2.45 bits per heavy atom. The van der Waals surface area contributed by atoms with Gasteiger partial charge in [-0.15, -0.1) is 0 Å². The molecule has 3 heterocycles. The molecule has 2 atom stereocenters. The van der Waals surface area contributed by atoms with Gasteiger partial charge < -0.3 is 10.2 Å². The van der Waals surface area contributed by atoms with Gasteiger partial charge in [0.05, 0.1) is 23.4 Å². The number of benzene rings is 3. The number of anilines is 2. The molecule has 8 nitrogen and oxygen atoms in total. The molecule has 3 aromatic carbocycles. The van der Waals surface area contributed by atoms with E-state index in [1.54, 1.807) is 6.92 Å². The molecule has 1 saturated heterocycles. The number of carbonyl (C=O) groups is 2. The molecular formula is C36H42N6O2. The molecule has 2 aromatic heterocycles. The molecule has 1 aliphatic heterocycles. The molecular weight excluding hydrogens is 548 g/mol. The molecule has 6 rings (SSSR count). The number of hydrogen-bond acceptors (Lipinski definition) is 6. The number of Topliss-reactive ketones (excluding diaryl/α,β-unsaturated/α-hetero) is 1. The molecule has 228 valence electrons. The number of carbonyl (C=O) groups excluding carboxylic acids is 2. The molecule has 0 spiro atoms. The van der Waals surface area contributed by atoms with E-state index >= 15 is 0 Å². The zero-order chi connectivity index (χ0) is 31.1. The van der Waals surface area contributed by atoms with Gasteiger partial charge in [0.15, 0.2) is 5.78 Å². The lowest BCUT2D eigenvalue weighted by molar-refractivity contribution is -0.119. The Kier molecular flexibility index (Phi) is 7.76. The minimum Gasteiger partial charge on any atom is -0.346 e. The van der Waals surface area contributed by atoms with Gasteiger partial charge in [-0.25, -0.2) is 9.97 Å². The van der Waals surface area contributed by atoms with Crippen molar-refractivity contribution in [3.8, 4) is 22.4 Å². The lowest BCUT2D eigenvalue weighted by atomic mass is 9.97. The fourth-order valence-corrected chi connectivity index (χ4v) is 6.61. The van der Waals surface area contributed by atoms with Crippen molar-refractivity contribution in [1.29, 1.82) is 0 Å². The number of nitrogens with zero attached hydrogens (tertiary/aromatic N) is 5. The third-order valence-electron chi connectivity index (χ3n) is 8.83. The zero-order valence-corrected chi connectivity index (χ0v) is 26.2. The number of hydrogen-bond donors (Lipinski definition) is 1. The first-order valence-electron chi connectivity index (χ1n) is 15.1. The number of amides is 1. The van der Waals surface area contributed by atoms with Gasteiger partial charge in [-0.2, -0.15) is 5.10 Å². The number of ketones is 1. The van der Waals surface area contributed by atoms with Crippen molar-refractivity contribution in [1.82, 2.24) is 19.7 Å². The minimum absolute atomic E-state index is 0. The monoisotopic (exact) mass is 590 g/mol. The maximum absolute atomic E-state index is 13.3. The largest absolute Gasteiger partial charge is 0.346 e. The molecule has 0 saturated carbocycles. The van der Waals surface area contributed by atoms with Crippen molar-refractivity contribution >= 4 is 34.1 Å². The van der Waals surface area contributed by atoms with Crippen molar-refractivity contribution in [2.75, 3.05) is 16.8 Å². The maximum atomic E-state index is 13.3. The van der Waals surface area contributed by atoms with Crippen molar-refractivity contribution in [2.45, 2.75) is 53.5 Å². The molecule has 5 aromatic rings. The molecule has 1 fully saturated rings. The van der Waals surface area contributed by atoms with Crippen molar-refractivity contribution in [2.24, 2.45) is 13.0 Å². The maximum Gasteiger partial charge on any atom is 0.224 e. The van der Waals surface area contributed by atoms with Crippen LogP contribution in [0.25, 0.3) is 33.3 Å². The van der Waals surface area contributed by atoms with Crippen LogP contribution in [0.1, 0.15) is 45.1 Å². The fourth-order valence-electron chi connectivity index (χ4n) is 6.61. The van der Waals surface area contributed by atoms with Crippen LogP contribution in [0, 0.1) is 33.6 Å². The van der Waals surface area contributed by atoms with Crippen LogP contribution in [0.5, 0.6) is 0 Å². The second-order valence-electron chi connectivity index (χ2n) is 12.1. The zero-order valence-electron chi connectivity index (χ0n) is 26.2. The van der Waals surface area contributed by atoms with Crippen molar-refractivity contribution < 1.29 is 12.4 Å². The van der Waals surface area contributed by atoms with E-state index in [9.17, 15) is 9.59 Å². The molecule has 0 unspecified atom stereocenters. The molecule has 1 aliphatic rings. The van der Waals surface area contributed by atoms with Crippen LogP contribution in [0.2, 0.25) is 0 Å². The van der Waals surface area contributed by atoms with Crippen LogP contribution in [-0.2, 0) is 16.6 Å². The third kappa shape index (κ3) is 5.48. The average Bonchev–Trinajstić information content (AvgIpc) is 3.58. The SMILES string of the molecule is CC(=O)[C@@H]1C[C@H](CC(=O)Nc2ccc(-c3cccc4c3cnn4C)c(C)c2)CN1c1nc(C)nc(-c2ccccc2C)c1C.[HH].[HH]. The average molecular weight is 591 g/mol. The van der Waals surface area contributed by atoms with E-state index in [1.807, 2.05) is 62.1 Å². The van der Waals surface area contributed by atoms with Crippen molar-refractivity contribution in [3.05, 3.63) is 89.4 Å². The van der Waals surface area contributed by atoms with Crippen LogP contribution in [0.3, 0.4) is 0 Å². The second-order valence-corrected chi connectivity index (χ2v) is 12.1. The van der Waals surface area contributed by atoms with E-state index in [4.69, 9.17) is 9.97 Å². The standard InChI is InChI=1S/C36H38N6O2.2H2/c1-21-10-7-8-11-29(21)35-23(3)36(39-25(5)38-35)42-20-26(17-33(42)24(4)43)18-34(44)40-27-14-15-28(22(2)16-27)30-12-9-13-32-31(30)19-37-41(32)6;;/h7-16,19,26,33H,17-18,20H2,1-6H3,(H,40,44);2*1H/t26-,33+;;/m1../s1. The first-order chi connectivity index (χ1) is 21.1. The van der Waals surface area contributed by atoms with Gasteiger partial charge in [-0.1, -0.05) is 42.5 Å². The number of aromatic nitrogens is 4. The van der Waals surface area contributed by atoms with E-state index in [-0.39, 0.29) is 26.5 Å². The Morgan fingerprint density at radius 1 is 0.932 bits per heavy atom. The smallest absolute Gasteiger partial charge is 0.224 e. The summed E-state index contributed by atoms with van der Waals surface area (Å²) in [7, 11) is 1.94. The molecule has 8 heteroatoms. The number of aryl methyl sites for hydroxylation is 4. The highest BCUT2D eigenvalue weighted by atomic mass is 16.1. The van der Waals surface area contributed by atoms with Gasteiger partial charge in [0.2, 0.25) is 5.91 Å². The summed E-state index contributed by atoms with van der Waals surface area (Å²) < 4.78 is 1.87. The fraction of sp³-hybridized carbons (Fsp3) is 0.306. The molecule has 0 aliphatic carbocycles. The van der Waals surface area contributed by atoms with Crippen LogP contribution in [0.4, 0.5) is 11.5 Å². The van der Waals surface area contributed by atoms with E-state index in [1.165, 1.54) is 0 Å². The Hall–Kier alpha value is -4.85. The predicted octanol–water partition coefficient (Wildman–Crippen LogP) is 7.24. The highest BCUT2D eigenvalue weighted by Crippen LogP contribution is 2.37. The minimum atomic E-state index is -0.331. The van der Waals surface area contributed by atoms with Gasteiger partial charge in [-0.3, -0.25) is 14.3 Å². The lowest BCUT2D eigenvalue weighted by Crippen LogP contribution is -2.36. The Labute approximate surface area is 261 Å². The van der Waals surface area contributed by atoms with Crippen LogP contribution in [-0.4, -0.2) is 44.0 Å². The highest BCUT2D eigenvalue weighted by molar-refractivity contribution is 5.97. The summed E-state index contributed by atoms with van der Waals surface area (Å²) >= 11 is 0. The number of fused-ring (bicyclic) bond motifs is 1. The summed E-state index contributed by atoms with van der Waals surface area (Å²) in [4.78, 5) is 37.8. The van der Waals surface area contributed by atoms with Crippen LogP contribution in [0.15, 0.2) is 66.9 Å². The van der Waals surface area contributed by atoms with Crippen molar-refractivity contribution in [3.63, 3.8) is 0 Å². The number of rotatable bonds is 7. The molecule has 1 amide bonds.